The molecule has 2 aromatic rings. The number of aliphatic carboxylic acids is 1. The van der Waals surface area contributed by atoms with Crippen LogP contribution < -0.4 is 5.32 Å². The predicted molar refractivity (Wildman–Crippen MR) is 141 cm³/mol. The molecule has 0 unspecified atom stereocenters. The molecule has 0 aliphatic heterocycles. The molecule has 1 aromatic carbocycles. The molecule has 0 spiro atoms. The van der Waals surface area contributed by atoms with Gasteiger partial charge >= 0.3 is 11.9 Å². The van der Waals surface area contributed by atoms with Crippen LogP contribution in [0.25, 0.3) is 11.0 Å². The highest BCUT2D eigenvalue weighted by atomic mass is 16.5. The Morgan fingerprint density at radius 2 is 1.92 bits per heavy atom. The van der Waals surface area contributed by atoms with Crippen LogP contribution in [-0.2, 0) is 20.7 Å². The van der Waals surface area contributed by atoms with Crippen LogP contribution in [0, 0.1) is 35.5 Å². The van der Waals surface area contributed by atoms with Crippen LogP contribution in [0.5, 0.6) is 0 Å². The van der Waals surface area contributed by atoms with Crippen LogP contribution >= 0.6 is 0 Å². The van der Waals surface area contributed by atoms with Gasteiger partial charge in [0.05, 0.1) is 35.5 Å². The molecule has 1 saturated carbocycles. The molecule has 2 aliphatic carbocycles. The Hall–Kier alpha value is -3.16. The van der Waals surface area contributed by atoms with E-state index < -0.39 is 17.8 Å². The molecule has 1 heterocycles. The summed E-state index contributed by atoms with van der Waals surface area (Å²) in [6.07, 6.45) is 7.08. The third-order valence-corrected chi connectivity index (χ3v) is 8.41. The number of aromatic amines is 1. The maximum atomic E-state index is 13.0. The molecule has 4 rings (SSSR count). The lowest BCUT2D eigenvalue weighted by molar-refractivity contribution is -0.149. The molecule has 37 heavy (non-hydrogen) atoms. The van der Waals surface area contributed by atoms with Crippen LogP contribution in [0.4, 0.5) is 0 Å². The summed E-state index contributed by atoms with van der Waals surface area (Å²) in [7, 11) is 1.37. The summed E-state index contributed by atoms with van der Waals surface area (Å²) in [5.41, 5.74) is 3.42. The second-order valence-electron chi connectivity index (χ2n) is 11.1. The molecular formula is C29H39N3O5. The minimum absolute atomic E-state index is 0.114. The highest BCUT2D eigenvalue weighted by Crippen LogP contribution is 2.39. The van der Waals surface area contributed by atoms with Crippen molar-refractivity contribution >= 4 is 28.9 Å². The van der Waals surface area contributed by atoms with Gasteiger partial charge in [-0.15, -0.1) is 0 Å². The van der Waals surface area contributed by atoms with Crippen LogP contribution in [0.2, 0.25) is 0 Å². The van der Waals surface area contributed by atoms with E-state index in [-0.39, 0.29) is 17.8 Å². The summed E-state index contributed by atoms with van der Waals surface area (Å²) >= 11 is 0. The summed E-state index contributed by atoms with van der Waals surface area (Å²) in [6.45, 7) is 7.13. The minimum Gasteiger partial charge on any atom is -0.481 e. The molecule has 1 fully saturated rings. The number of methoxy groups -OCH3 is 1. The number of fused-ring (bicyclic) bond motifs is 1. The number of aromatic nitrogens is 2. The number of nitrogens with zero attached hydrogens (tertiary/aromatic N) is 1. The number of ether oxygens (including phenoxy) is 1. The number of nitrogens with one attached hydrogen (secondary N) is 2. The monoisotopic (exact) mass is 509 g/mol. The quantitative estimate of drug-likeness (QED) is 0.349. The van der Waals surface area contributed by atoms with Gasteiger partial charge in [0.15, 0.2) is 0 Å². The lowest BCUT2D eigenvalue weighted by atomic mass is 9.69. The first kappa shape index (κ1) is 26.9. The highest BCUT2D eigenvalue weighted by molar-refractivity contribution is 5.93. The topological polar surface area (TPSA) is 121 Å². The van der Waals surface area contributed by atoms with Gasteiger partial charge in [0, 0.05) is 13.0 Å². The van der Waals surface area contributed by atoms with Crippen LogP contribution in [0.1, 0.15) is 69.1 Å². The molecule has 0 bridgehead atoms. The van der Waals surface area contributed by atoms with Gasteiger partial charge in [0.2, 0.25) is 5.91 Å². The molecule has 3 N–H and O–H groups in total. The van der Waals surface area contributed by atoms with Crippen molar-refractivity contribution in [2.24, 2.45) is 35.5 Å². The van der Waals surface area contributed by atoms with Crippen molar-refractivity contribution in [3.63, 3.8) is 0 Å². The molecular weight excluding hydrogens is 470 g/mol. The zero-order valence-corrected chi connectivity index (χ0v) is 22.3. The Balaban J connectivity index is 1.44. The second kappa shape index (κ2) is 11.5. The van der Waals surface area contributed by atoms with E-state index in [2.05, 4.69) is 37.1 Å². The standard InChI is InChI=1S/C29H39N3O5/c1-16(2)23-12-19(14-26-31-24-10-9-18(29(36)37-4)13-25(24)32-26)17(3)11-20(23)15-30-27(33)21-7-5-6-8-22(21)28(34)35/h9-11,13,16,19-23H,5-8,12,14-15H2,1-4H3,(H,30,33)(H,31,32)(H,34,35)/t19-,20-,21+,22-,23-/m0/s1. The Morgan fingerprint density at radius 1 is 1.19 bits per heavy atom. The molecule has 1 amide bonds. The normalized spacial score (nSPS) is 26.1. The molecule has 200 valence electrons. The van der Waals surface area contributed by atoms with Crippen molar-refractivity contribution in [3.8, 4) is 0 Å². The number of carboxylic acid groups (broad SMARTS) is 1. The van der Waals surface area contributed by atoms with Gasteiger partial charge in [-0.2, -0.15) is 0 Å². The number of carboxylic acids is 1. The fraction of sp³-hybridized carbons (Fsp3) is 0.586. The average Bonchev–Trinajstić information content (AvgIpc) is 3.29. The number of rotatable bonds is 8. The fourth-order valence-electron chi connectivity index (χ4n) is 6.23. The van der Waals surface area contributed by atoms with E-state index in [9.17, 15) is 19.5 Å². The van der Waals surface area contributed by atoms with Crippen molar-refractivity contribution in [2.75, 3.05) is 13.7 Å². The van der Waals surface area contributed by atoms with Crippen LogP contribution in [-0.4, -0.2) is 46.6 Å². The van der Waals surface area contributed by atoms with E-state index in [1.54, 1.807) is 12.1 Å². The number of benzene rings is 1. The summed E-state index contributed by atoms with van der Waals surface area (Å²) < 4.78 is 4.82. The summed E-state index contributed by atoms with van der Waals surface area (Å²) in [5.74, 6) is -0.0858. The van der Waals surface area contributed by atoms with Crippen molar-refractivity contribution in [1.29, 1.82) is 0 Å². The molecule has 8 nitrogen and oxygen atoms in total. The molecule has 2 aliphatic rings. The number of H-pyrrole nitrogens is 1. The number of amides is 1. The van der Waals surface area contributed by atoms with Gasteiger partial charge < -0.3 is 20.1 Å². The Bertz CT molecular complexity index is 1180. The maximum absolute atomic E-state index is 13.0. The van der Waals surface area contributed by atoms with E-state index in [1.165, 1.54) is 12.7 Å². The average molecular weight is 510 g/mol. The van der Waals surface area contributed by atoms with E-state index in [0.29, 0.717) is 42.7 Å². The van der Waals surface area contributed by atoms with Gasteiger partial charge in [-0.05, 0) is 68.1 Å². The Morgan fingerprint density at radius 3 is 2.59 bits per heavy atom. The highest BCUT2D eigenvalue weighted by Gasteiger charge is 2.37. The van der Waals surface area contributed by atoms with Gasteiger partial charge in [-0.3, -0.25) is 9.59 Å². The fourth-order valence-corrected chi connectivity index (χ4v) is 6.23. The van der Waals surface area contributed by atoms with Crippen LogP contribution in [0.3, 0.4) is 0 Å². The molecule has 1 aromatic heterocycles. The number of hydrogen-bond acceptors (Lipinski definition) is 5. The van der Waals surface area contributed by atoms with Crippen molar-refractivity contribution < 1.29 is 24.2 Å². The van der Waals surface area contributed by atoms with Gasteiger partial charge in [-0.1, -0.05) is 38.3 Å². The SMILES string of the molecule is COC(=O)c1ccc2nc(C[C@@H]3C[C@@H](C(C)C)[C@H](CNC(=O)[C@@H]4CCCC[C@@H]4C(=O)O)C=C3C)[nH]c2c1. The zero-order chi connectivity index (χ0) is 26.7. The number of allylic oxidation sites excluding steroid dienone is 1. The maximum Gasteiger partial charge on any atom is 0.337 e. The van der Waals surface area contributed by atoms with Gasteiger partial charge in [-0.25, -0.2) is 9.78 Å². The summed E-state index contributed by atoms with van der Waals surface area (Å²) in [6, 6.07) is 5.34. The Labute approximate surface area is 218 Å². The first-order valence-electron chi connectivity index (χ1n) is 13.4. The van der Waals surface area contributed by atoms with E-state index in [0.717, 1.165) is 42.5 Å². The summed E-state index contributed by atoms with van der Waals surface area (Å²) in [5, 5.41) is 12.7. The van der Waals surface area contributed by atoms with Gasteiger partial charge in [0.1, 0.15) is 5.82 Å². The largest absolute Gasteiger partial charge is 0.481 e. The first-order chi connectivity index (χ1) is 17.7. The number of carbonyl (C=O) groups is 3. The van der Waals surface area contributed by atoms with E-state index >= 15 is 0 Å². The molecule has 5 atom stereocenters. The third kappa shape index (κ3) is 6.05. The number of esters is 1. The van der Waals surface area contributed by atoms with Crippen molar-refractivity contribution in [1.82, 2.24) is 15.3 Å². The molecule has 0 radical (unpaired) electrons. The zero-order valence-electron chi connectivity index (χ0n) is 22.3. The smallest absolute Gasteiger partial charge is 0.337 e. The second-order valence-corrected chi connectivity index (χ2v) is 11.1. The van der Waals surface area contributed by atoms with Crippen molar-refractivity contribution in [2.45, 2.75) is 59.3 Å². The predicted octanol–water partition coefficient (Wildman–Crippen LogP) is 4.75. The van der Waals surface area contributed by atoms with E-state index in [4.69, 9.17) is 9.72 Å². The number of carbonyl (C=O) groups excluding carboxylic acids is 2. The number of hydrogen-bond donors (Lipinski definition) is 3. The third-order valence-electron chi connectivity index (χ3n) is 8.41. The molecule has 0 saturated heterocycles. The molecule has 8 heteroatoms. The summed E-state index contributed by atoms with van der Waals surface area (Å²) in [4.78, 5) is 44.6. The lowest BCUT2D eigenvalue weighted by Crippen LogP contribution is -2.43. The lowest BCUT2D eigenvalue weighted by Gasteiger charge is -2.37. The first-order valence-corrected chi connectivity index (χ1v) is 13.4. The van der Waals surface area contributed by atoms with Crippen LogP contribution in [0.15, 0.2) is 29.8 Å². The van der Waals surface area contributed by atoms with E-state index in [1.807, 2.05) is 6.07 Å². The van der Waals surface area contributed by atoms with Gasteiger partial charge in [0.25, 0.3) is 0 Å². The minimum atomic E-state index is -0.858. The number of imidazole rings is 1. The Kier molecular flexibility index (Phi) is 8.35. The van der Waals surface area contributed by atoms with Crippen molar-refractivity contribution in [3.05, 3.63) is 41.2 Å².